The minimum Gasteiger partial charge on any atom is -0.103 e. The van der Waals surface area contributed by atoms with Crippen molar-refractivity contribution in [2.75, 3.05) is 0 Å². The van der Waals surface area contributed by atoms with Gasteiger partial charge in [-0.15, -0.1) is 6.58 Å². The van der Waals surface area contributed by atoms with Gasteiger partial charge in [-0.25, -0.2) is 0 Å². The fourth-order valence-electron chi connectivity index (χ4n) is 0.793. The van der Waals surface area contributed by atoms with Crippen LogP contribution in [0.3, 0.4) is 0 Å². The van der Waals surface area contributed by atoms with E-state index >= 15 is 0 Å². The maximum absolute atomic E-state index is 3.93. The summed E-state index contributed by atoms with van der Waals surface area (Å²) in [6.07, 6.45) is 10.5. The fraction of sp³-hybridized carbons (Fsp3) is 0.222. The zero-order valence-corrected chi connectivity index (χ0v) is 12.1. The molecule has 0 rings (SSSR count). The lowest BCUT2D eigenvalue weighted by atomic mass is 10.1. The van der Waals surface area contributed by atoms with Crippen LogP contribution in [0.2, 0.25) is 0 Å². The van der Waals surface area contributed by atoms with E-state index in [0.717, 1.165) is 28.7 Å². The summed E-state index contributed by atoms with van der Waals surface area (Å²) in [5.41, 5.74) is 3.90. The van der Waals surface area contributed by atoms with Crippen molar-refractivity contribution in [3.8, 4) is 0 Å². The van der Waals surface area contributed by atoms with Gasteiger partial charge in [-0.2, -0.15) is 0 Å². The van der Waals surface area contributed by atoms with Crippen molar-refractivity contribution in [2.24, 2.45) is 0 Å². The van der Waals surface area contributed by atoms with E-state index in [4.69, 9.17) is 0 Å². The minimum absolute atomic E-state index is 0.901. The Balaban J connectivity index is 0. The third kappa shape index (κ3) is 12.3. The molecule has 0 aliphatic heterocycles. The van der Waals surface area contributed by atoms with Crippen LogP contribution in [0.1, 0.15) is 27.2 Å². The van der Waals surface area contributed by atoms with Gasteiger partial charge >= 0.3 is 0 Å². The summed E-state index contributed by atoms with van der Waals surface area (Å²) in [5, 5.41) is 0. The van der Waals surface area contributed by atoms with E-state index in [9.17, 15) is 0 Å². The largest absolute Gasteiger partial charge is 0.103 e. The lowest BCUT2D eigenvalue weighted by Gasteiger charge is -1.99. The quantitative estimate of drug-likeness (QED) is 0.399. The molecule has 0 saturated carbocycles. The van der Waals surface area contributed by atoms with Gasteiger partial charge < -0.3 is 0 Å². The normalized spacial score (nSPS) is 9.72. The molecule has 0 heterocycles. The SMILES string of the molecule is C=C(C)/C=C\C(=C)C(=C)/C=C\C(=C)CC.C=CC. The summed E-state index contributed by atoms with van der Waals surface area (Å²) in [4.78, 5) is 0. The molecule has 0 aromatic heterocycles. The molecule has 0 heteroatoms. The van der Waals surface area contributed by atoms with Gasteiger partial charge in [0.2, 0.25) is 0 Å². The second-order valence-electron chi connectivity index (χ2n) is 3.98. The molecular formula is C18H26. The predicted octanol–water partition coefficient (Wildman–Crippen LogP) is 5.95. The topological polar surface area (TPSA) is 0 Å². The summed E-state index contributed by atoms with van der Waals surface area (Å²) in [7, 11) is 0. The molecule has 0 aromatic rings. The Hall–Kier alpha value is -1.82. The van der Waals surface area contributed by atoms with Crippen LogP contribution < -0.4 is 0 Å². The number of hydrogen-bond donors (Lipinski definition) is 0. The van der Waals surface area contributed by atoms with Gasteiger partial charge in [-0.1, -0.05) is 74.8 Å². The molecule has 0 aliphatic carbocycles. The molecule has 0 nitrogen and oxygen atoms in total. The van der Waals surface area contributed by atoms with Gasteiger partial charge in [-0.05, 0) is 31.4 Å². The predicted molar refractivity (Wildman–Crippen MR) is 86.7 cm³/mol. The van der Waals surface area contributed by atoms with Gasteiger partial charge in [0.1, 0.15) is 0 Å². The van der Waals surface area contributed by atoms with E-state index < -0.39 is 0 Å². The lowest BCUT2D eigenvalue weighted by Crippen LogP contribution is -1.79. The van der Waals surface area contributed by atoms with E-state index in [2.05, 4.69) is 39.8 Å². The molecule has 0 fully saturated rings. The Morgan fingerprint density at radius 3 is 1.61 bits per heavy atom. The van der Waals surface area contributed by atoms with Crippen LogP contribution in [-0.4, -0.2) is 0 Å². The summed E-state index contributed by atoms with van der Waals surface area (Å²) in [5.74, 6) is 0. The van der Waals surface area contributed by atoms with E-state index in [-0.39, 0.29) is 0 Å². The third-order valence-corrected chi connectivity index (χ3v) is 1.96. The fourth-order valence-corrected chi connectivity index (χ4v) is 0.793. The van der Waals surface area contributed by atoms with Crippen LogP contribution in [0.15, 0.2) is 85.6 Å². The van der Waals surface area contributed by atoms with E-state index in [0.29, 0.717) is 0 Å². The number of rotatable bonds is 6. The van der Waals surface area contributed by atoms with Gasteiger partial charge in [0.05, 0.1) is 0 Å². The van der Waals surface area contributed by atoms with Crippen molar-refractivity contribution < 1.29 is 0 Å². The van der Waals surface area contributed by atoms with Crippen LogP contribution in [0.5, 0.6) is 0 Å². The van der Waals surface area contributed by atoms with Crippen LogP contribution in [0.25, 0.3) is 0 Å². The first-order valence-electron chi connectivity index (χ1n) is 6.03. The Kier molecular flexibility index (Phi) is 12.0. The number of allylic oxidation sites excluding steroid dienone is 9. The van der Waals surface area contributed by atoms with Gasteiger partial charge in [0.25, 0.3) is 0 Å². The third-order valence-electron chi connectivity index (χ3n) is 1.96. The lowest BCUT2D eigenvalue weighted by molar-refractivity contribution is 1.16. The Morgan fingerprint density at radius 2 is 1.28 bits per heavy atom. The molecule has 0 aromatic carbocycles. The van der Waals surface area contributed by atoms with Gasteiger partial charge in [0, 0.05) is 0 Å². The Labute approximate surface area is 113 Å². The first-order valence-corrected chi connectivity index (χ1v) is 6.03. The molecule has 0 aliphatic rings. The van der Waals surface area contributed by atoms with E-state index in [1.807, 2.05) is 38.2 Å². The van der Waals surface area contributed by atoms with E-state index in [1.54, 1.807) is 6.08 Å². The zero-order chi connectivity index (χ0) is 14.6. The van der Waals surface area contributed by atoms with Crippen molar-refractivity contribution in [2.45, 2.75) is 27.2 Å². The maximum Gasteiger partial charge on any atom is -0.0262 e. The molecule has 0 N–H and O–H groups in total. The van der Waals surface area contributed by atoms with Crippen molar-refractivity contribution in [3.63, 3.8) is 0 Å². The summed E-state index contributed by atoms with van der Waals surface area (Å²) < 4.78 is 0. The van der Waals surface area contributed by atoms with Crippen molar-refractivity contribution >= 4 is 0 Å². The molecular weight excluding hydrogens is 216 g/mol. The van der Waals surface area contributed by atoms with Crippen LogP contribution in [-0.2, 0) is 0 Å². The molecule has 0 bridgehead atoms. The molecule has 18 heavy (non-hydrogen) atoms. The average molecular weight is 242 g/mol. The second-order valence-corrected chi connectivity index (χ2v) is 3.98. The van der Waals surface area contributed by atoms with Gasteiger partial charge in [-0.3, -0.25) is 0 Å². The van der Waals surface area contributed by atoms with Crippen LogP contribution in [0.4, 0.5) is 0 Å². The van der Waals surface area contributed by atoms with Crippen molar-refractivity contribution in [3.05, 3.63) is 85.6 Å². The van der Waals surface area contributed by atoms with Crippen molar-refractivity contribution in [1.82, 2.24) is 0 Å². The molecule has 0 spiro atoms. The first-order chi connectivity index (χ1) is 8.38. The van der Waals surface area contributed by atoms with Crippen LogP contribution in [0, 0.1) is 0 Å². The molecule has 0 saturated heterocycles. The summed E-state index contributed by atoms with van der Waals surface area (Å²) in [6, 6.07) is 0. The highest BCUT2D eigenvalue weighted by Gasteiger charge is 1.91. The molecule has 0 atom stereocenters. The smallest absolute Gasteiger partial charge is 0.0262 e. The summed E-state index contributed by atoms with van der Waals surface area (Å²) >= 11 is 0. The zero-order valence-electron chi connectivity index (χ0n) is 12.1. The maximum atomic E-state index is 3.93. The number of hydrogen-bond acceptors (Lipinski definition) is 0. The highest BCUT2D eigenvalue weighted by Crippen LogP contribution is 2.11. The minimum atomic E-state index is 0.901. The van der Waals surface area contributed by atoms with E-state index in [1.165, 1.54) is 0 Å². The molecule has 98 valence electrons. The second kappa shape index (κ2) is 11.7. The molecule has 0 radical (unpaired) electrons. The molecule has 0 unspecified atom stereocenters. The first kappa shape index (κ1) is 18.5. The Morgan fingerprint density at radius 1 is 0.889 bits per heavy atom. The summed E-state index contributed by atoms with van der Waals surface area (Å²) in [6.45, 7) is 24.8. The van der Waals surface area contributed by atoms with Crippen molar-refractivity contribution in [1.29, 1.82) is 0 Å². The standard InChI is InChI=1S/C15H20.C3H6/c1-7-13(4)9-11-15(6)14(5)10-8-12(2)3;1-3-2/h8-11H,2,4-7H2,1,3H3;3H,1H2,2H3/b10-8-,11-9-;. The average Bonchev–Trinajstić information content (AvgIpc) is 2.33. The Bertz CT molecular complexity index is 373. The highest BCUT2D eigenvalue weighted by atomic mass is 14.0. The van der Waals surface area contributed by atoms with Gasteiger partial charge in [0.15, 0.2) is 0 Å². The monoisotopic (exact) mass is 242 g/mol. The highest BCUT2D eigenvalue weighted by molar-refractivity contribution is 5.45. The van der Waals surface area contributed by atoms with Crippen LogP contribution >= 0.6 is 0 Å². The molecule has 0 amide bonds.